The van der Waals surface area contributed by atoms with Gasteiger partial charge in [0.2, 0.25) is 5.91 Å². The van der Waals surface area contributed by atoms with Gasteiger partial charge in [-0.2, -0.15) is 0 Å². The molecule has 24 heavy (non-hydrogen) atoms. The van der Waals surface area contributed by atoms with Gasteiger partial charge in [-0.15, -0.1) is 0 Å². The van der Waals surface area contributed by atoms with E-state index in [2.05, 4.69) is 20.9 Å². The quantitative estimate of drug-likeness (QED) is 0.673. The minimum absolute atomic E-state index is 0.0772. The zero-order valence-corrected chi connectivity index (χ0v) is 14.1. The predicted molar refractivity (Wildman–Crippen MR) is 95.4 cm³/mol. The Morgan fingerprint density at radius 3 is 2.62 bits per heavy atom. The number of carbonyl (C=O) groups excluding carboxylic acids is 2. The predicted octanol–water partition coefficient (Wildman–Crippen LogP) is 2.93. The van der Waals surface area contributed by atoms with E-state index < -0.39 is 0 Å². The molecule has 0 spiro atoms. The third-order valence-electron chi connectivity index (χ3n) is 3.28. The smallest absolute Gasteiger partial charge is 0.254 e. The molecule has 0 fully saturated rings. The summed E-state index contributed by atoms with van der Waals surface area (Å²) in [4.78, 5) is 27.8. The number of aromatic nitrogens is 1. The maximum absolute atomic E-state index is 11.9. The second kappa shape index (κ2) is 8.88. The van der Waals surface area contributed by atoms with Crippen molar-refractivity contribution >= 4 is 34.9 Å². The highest BCUT2D eigenvalue weighted by Gasteiger charge is 2.10. The van der Waals surface area contributed by atoms with Gasteiger partial charge in [-0.05, 0) is 42.8 Å². The number of pyridine rings is 1. The van der Waals surface area contributed by atoms with Gasteiger partial charge in [0.25, 0.3) is 5.91 Å². The molecule has 0 aliphatic carbocycles. The van der Waals surface area contributed by atoms with E-state index in [-0.39, 0.29) is 11.8 Å². The van der Waals surface area contributed by atoms with Gasteiger partial charge < -0.3 is 16.0 Å². The minimum atomic E-state index is -0.203. The monoisotopic (exact) mass is 346 g/mol. The summed E-state index contributed by atoms with van der Waals surface area (Å²) in [6, 6.07) is 10.3. The van der Waals surface area contributed by atoms with Crippen LogP contribution in [-0.2, 0) is 4.79 Å². The van der Waals surface area contributed by atoms with Crippen LogP contribution in [0.2, 0.25) is 5.02 Å². The number of rotatable bonds is 7. The van der Waals surface area contributed by atoms with Gasteiger partial charge in [0.05, 0.1) is 5.56 Å². The Bertz CT molecular complexity index is 704. The van der Waals surface area contributed by atoms with Crippen molar-refractivity contribution in [1.82, 2.24) is 10.3 Å². The Morgan fingerprint density at radius 1 is 1.17 bits per heavy atom. The number of hydrogen-bond acceptors (Lipinski definition) is 4. The first-order valence-corrected chi connectivity index (χ1v) is 7.94. The summed E-state index contributed by atoms with van der Waals surface area (Å²) in [5.74, 6) is 0.229. The van der Waals surface area contributed by atoms with Gasteiger partial charge in [0.15, 0.2) is 0 Å². The fourth-order valence-corrected chi connectivity index (χ4v) is 2.20. The van der Waals surface area contributed by atoms with E-state index in [4.69, 9.17) is 11.6 Å². The van der Waals surface area contributed by atoms with Gasteiger partial charge in [-0.25, -0.2) is 4.98 Å². The zero-order chi connectivity index (χ0) is 17.4. The molecule has 0 atom stereocenters. The fourth-order valence-electron chi connectivity index (χ4n) is 2.08. The summed E-state index contributed by atoms with van der Waals surface area (Å²) in [5, 5.41) is 9.08. The molecule has 2 aromatic rings. The molecule has 6 nitrogen and oxygen atoms in total. The summed E-state index contributed by atoms with van der Waals surface area (Å²) < 4.78 is 0. The lowest BCUT2D eigenvalue weighted by atomic mass is 10.2. The molecule has 1 aromatic carbocycles. The van der Waals surface area contributed by atoms with E-state index in [1.807, 2.05) is 0 Å². The van der Waals surface area contributed by atoms with E-state index in [0.717, 1.165) is 0 Å². The SMILES string of the molecule is CNC(=O)c1cccnc1NCCCC(=O)Nc1ccc(Cl)cc1. The van der Waals surface area contributed by atoms with Crippen LogP contribution in [0.25, 0.3) is 0 Å². The van der Waals surface area contributed by atoms with Crippen LogP contribution < -0.4 is 16.0 Å². The van der Waals surface area contributed by atoms with Crippen LogP contribution in [0.5, 0.6) is 0 Å². The maximum atomic E-state index is 11.9. The fraction of sp³-hybridized carbons (Fsp3) is 0.235. The molecule has 2 amide bonds. The summed E-state index contributed by atoms with van der Waals surface area (Å²) in [5.41, 5.74) is 1.19. The average molecular weight is 347 g/mol. The third kappa shape index (κ3) is 5.24. The van der Waals surface area contributed by atoms with Crippen LogP contribution in [0.15, 0.2) is 42.6 Å². The summed E-state index contributed by atoms with van der Waals surface area (Å²) >= 11 is 5.80. The van der Waals surface area contributed by atoms with Crippen molar-refractivity contribution in [1.29, 1.82) is 0 Å². The highest BCUT2D eigenvalue weighted by atomic mass is 35.5. The maximum Gasteiger partial charge on any atom is 0.254 e. The molecule has 0 radical (unpaired) electrons. The Hall–Kier alpha value is -2.60. The first kappa shape index (κ1) is 17.7. The molecular formula is C17H19ClN4O2. The van der Waals surface area contributed by atoms with Gasteiger partial charge in [0.1, 0.15) is 5.82 Å². The molecule has 0 saturated heterocycles. The third-order valence-corrected chi connectivity index (χ3v) is 3.53. The summed E-state index contributed by atoms with van der Waals surface area (Å²) in [7, 11) is 1.57. The number of amides is 2. The normalized spacial score (nSPS) is 10.1. The Balaban J connectivity index is 1.78. The van der Waals surface area contributed by atoms with Crippen molar-refractivity contribution in [3.05, 3.63) is 53.2 Å². The number of nitrogens with zero attached hydrogens (tertiary/aromatic N) is 1. The molecule has 0 bridgehead atoms. The second-order valence-electron chi connectivity index (χ2n) is 5.06. The number of hydrogen-bond donors (Lipinski definition) is 3. The zero-order valence-electron chi connectivity index (χ0n) is 13.3. The van der Waals surface area contributed by atoms with Crippen molar-refractivity contribution < 1.29 is 9.59 Å². The molecule has 1 aromatic heterocycles. The highest BCUT2D eigenvalue weighted by molar-refractivity contribution is 6.30. The Kier molecular flexibility index (Phi) is 6.57. The molecule has 0 aliphatic heterocycles. The molecule has 0 aliphatic rings. The van der Waals surface area contributed by atoms with Gasteiger partial charge in [-0.1, -0.05) is 11.6 Å². The van der Waals surface area contributed by atoms with Crippen LogP contribution in [0.3, 0.4) is 0 Å². The lowest BCUT2D eigenvalue weighted by molar-refractivity contribution is -0.116. The number of benzene rings is 1. The topological polar surface area (TPSA) is 83.1 Å². The van der Waals surface area contributed by atoms with Gasteiger partial charge in [-0.3, -0.25) is 9.59 Å². The van der Waals surface area contributed by atoms with Gasteiger partial charge >= 0.3 is 0 Å². The lowest BCUT2D eigenvalue weighted by Gasteiger charge is -2.10. The van der Waals surface area contributed by atoms with Crippen LogP contribution >= 0.6 is 11.6 Å². The van der Waals surface area contributed by atoms with Crippen molar-refractivity contribution in [2.45, 2.75) is 12.8 Å². The van der Waals surface area contributed by atoms with E-state index in [0.29, 0.717) is 41.5 Å². The van der Waals surface area contributed by atoms with Crippen LogP contribution in [-0.4, -0.2) is 30.4 Å². The highest BCUT2D eigenvalue weighted by Crippen LogP contribution is 2.14. The summed E-state index contributed by atoms with van der Waals surface area (Å²) in [6.45, 7) is 0.537. The first-order valence-electron chi connectivity index (χ1n) is 7.56. The number of anilines is 2. The average Bonchev–Trinajstić information content (AvgIpc) is 2.60. The second-order valence-corrected chi connectivity index (χ2v) is 5.50. The van der Waals surface area contributed by atoms with Crippen molar-refractivity contribution in [2.24, 2.45) is 0 Å². The van der Waals surface area contributed by atoms with Crippen LogP contribution in [0, 0.1) is 0 Å². The molecule has 2 rings (SSSR count). The van der Waals surface area contributed by atoms with Crippen LogP contribution in [0.1, 0.15) is 23.2 Å². The Labute approximate surface area is 145 Å². The molecule has 1 heterocycles. The van der Waals surface area contributed by atoms with Crippen molar-refractivity contribution in [3.63, 3.8) is 0 Å². The molecule has 3 N–H and O–H groups in total. The molecular weight excluding hydrogens is 328 g/mol. The Morgan fingerprint density at radius 2 is 1.92 bits per heavy atom. The summed E-state index contributed by atoms with van der Waals surface area (Å²) in [6.07, 6.45) is 2.59. The van der Waals surface area contributed by atoms with E-state index in [9.17, 15) is 9.59 Å². The largest absolute Gasteiger partial charge is 0.369 e. The van der Waals surface area contributed by atoms with Gasteiger partial charge in [0, 0.05) is 36.9 Å². The standard InChI is InChI=1S/C17H19ClN4O2/c1-19-17(24)14-4-2-10-20-16(14)21-11-3-5-15(23)22-13-8-6-12(18)7-9-13/h2,4,6-10H,3,5,11H2,1H3,(H,19,24)(H,20,21)(H,22,23). The van der Waals surface area contributed by atoms with Crippen molar-refractivity contribution in [2.75, 3.05) is 24.2 Å². The molecule has 0 unspecified atom stereocenters. The van der Waals surface area contributed by atoms with Crippen LogP contribution in [0.4, 0.5) is 11.5 Å². The molecule has 0 saturated carbocycles. The number of nitrogens with one attached hydrogen (secondary N) is 3. The molecule has 126 valence electrons. The first-order chi connectivity index (χ1) is 11.6. The minimum Gasteiger partial charge on any atom is -0.369 e. The van der Waals surface area contributed by atoms with Crippen molar-refractivity contribution in [3.8, 4) is 0 Å². The van der Waals surface area contributed by atoms with E-state index in [1.165, 1.54) is 0 Å². The molecule has 7 heteroatoms. The number of carbonyl (C=O) groups is 2. The lowest BCUT2D eigenvalue weighted by Crippen LogP contribution is -2.20. The van der Waals surface area contributed by atoms with E-state index >= 15 is 0 Å². The number of halogens is 1. The van der Waals surface area contributed by atoms with E-state index in [1.54, 1.807) is 49.6 Å².